The van der Waals surface area contributed by atoms with Gasteiger partial charge in [-0.15, -0.1) is 0 Å². The Bertz CT molecular complexity index is 907. The van der Waals surface area contributed by atoms with Crippen molar-refractivity contribution in [2.75, 3.05) is 6.54 Å². The van der Waals surface area contributed by atoms with Gasteiger partial charge in [-0.3, -0.25) is 0 Å². The molecule has 3 aromatic rings. The number of hydrogen-bond acceptors (Lipinski definition) is 4. The average molecular weight is 351 g/mol. The molecule has 26 heavy (non-hydrogen) atoms. The average Bonchev–Trinajstić information content (AvgIpc) is 3.26. The van der Waals surface area contributed by atoms with E-state index in [-0.39, 0.29) is 18.7 Å². The Balaban J connectivity index is 1.45. The van der Waals surface area contributed by atoms with Gasteiger partial charge in [0.25, 0.3) is 0 Å². The Kier molecular flexibility index (Phi) is 4.48. The van der Waals surface area contributed by atoms with Gasteiger partial charge in [0, 0.05) is 30.4 Å². The number of pyridine rings is 1. The van der Waals surface area contributed by atoms with Gasteiger partial charge in [0.1, 0.15) is 6.61 Å². The zero-order chi connectivity index (χ0) is 17.9. The van der Waals surface area contributed by atoms with Crippen LogP contribution in [0.4, 0.5) is 4.79 Å². The fourth-order valence-electron chi connectivity index (χ4n) is 3.62. The lowest BCUT2D eigenvalue weighted by Crippen LogP contribution is -2.37. The predicted octanol–water partition coefficient (Wildman–Crippen LogP) is 3.62. The maximum atomic E-state index is 12.5. The molecule has 0 spiro atoms. The number of benzene rings is 1. The maximum Gasteiger partial charge on any atom is 0.410 e. The minimum atomic E-state index is -0.276. The zero-order valence-corrected chi connectivity index (χ0v) is 14.4. The minimum absolute atomic E-state index is 0.0732. The number of hydrogen-bond donors (Lipinski definition) is 1. The number of likely N-dealkylation sites (tertiary alicyclic amines) is 1. The van der Waals surface area contributed by atoms with Gasteiger partial charge in [0.2, 0.25) is 0 Å². The van der Waals surface area contributed by atoms with E-state index in [1.165, 1.54) is 0 Å². The van der Waals surface area contributed by atoms with Gasteiger partial charge in [-0.25, -0.2) is 9.78 Å². The molecule has 1 aromatic carbocycles. The second-order valence-corrected chi connectivity index (χ2v) is 6.61. The fraction of sp³-hybridized carbons (Fsp3) is 0.300. The van der Waals surface area contributed by atoms with E-state index in [1.54, 1.807) is 17.3 Å². The lowest BCUT2D eigenvalue weighted by atomic mass is 10.0. The van der Waals surface area contributed by atoms with E-state index < -0.39 is 0 Å². The summed E-state index contributed by atoms with van der Waals surface area (Å²) in [5, 5.41) is 10.9. The predicted molar refractivity (Wildman–Crippen MR) is 97.0 cm³/mol. The molecule has 1 aliphatic heterocycles. The van der Waals surface area contributed by atoms with Crippen molar-refractivity contribution in [3.63, 3.8) is 0 Å². The van der Waals surface area contributed by atoms with Crippen molar-refractivity contribution in [3.8, 4) is 0 Å². The van der Waals surface area contributed by atoms with Gasteiger partial charge in [0.15, 0.2) is 5.65 Å². The van der Waals surface area contributed by atoms with E-state index in [0.717, 1.165) is 34.1 Å². The van der Waals surface area contributed by atoms with Gasteiger partial charge >= 0.3 is 6.09 Å². The van der Waals surface area contributed by atoms with E-state index >= 15 is 0 Å². The van der Waals surface area contributed by atoms with Gasteiger partial charge in [-0.1, -0.05) is 30.3 Å². The third-order valence-corrected chi connectivity index (χ3v) is 4.90. The summed E-state index contributed by atoms with van der Waals surface area (Å²) in [6, 6.07) is 13.6. The monoisotopic (exact) mass is 351 g/mol. The summed E-state index contributed by atoms with van der Waals surface area (Å²) in [5.41, 5.74) is 2.51. The van der Waals surface area contributed by atoms with Crippen LogP contribution in [0.2, 0.25) is 0 Å². The van der Waals surface area contributed by atoms with Crippen molar-refractivity contribution in [2.45, 2.75) is 31.9 Å². The van der Waals surface area contributed by atoms with Crippen molar-refractivity contribution in [2.24, 2.45) is 0 Å². The molecule has 1 atom stereocenters. The molecule has 1 saturated heterocycles. The van der Waals surface area contributed by atoms with E-state index in [0.29, 0.717) is 18.6 Å². The molecule has 134 valence electrons. The Labute approximate surface area is 151 Å². The first-order chi connectivity index (χ1) is 12.7. The molecule has 0 bridgehead atoms. The molecule has 0 saturated carbocycles. The van der Waals surface area contributed by atoms with E-state index in [4.69, 9.17) is 4.74 Å². The molecule has 1 unspecified atom stereocenters. The first kappa shape index (κ1) is 16.4. The first-order valence-electron chi connectivity index (χ1n) is 8.84. The number of nitrogens with zero attached hydrogens (tertiary/aromatic N) is 3. The van der Waals surface area contributed by atoms with Gasteiger partial charge in [0.05, 0.1) is 0 Å². The van der Waals surface area contributed by atoms with Gasteiger partial charge in [-0.05, 0) is 42.5 Å². The highest BCUT2D eigenvalue weighted by atomic mass is 16.6. The molecule has 4 rings (SSSR count). The molecular formula is C20H21N3O3. The number of rotatable bonds is 4. The highest BCUT2D eigenvalue weighted by Gasteiger charge is 2.30. The van der Waals surface area contributed by atoms with Crippen LogP contribution in [0.1, 0.15) is 24.0 Å². The molecular weight excluding hydrogens is 330 g/mol. The summed E-state index contributed by atoms with van der Waals surface area (Å²) in [5.74, 6) is 0. The Morgan fingerprint density at radius 1 is 1.23 bits per heavy atom. The van der Waals surface area contributed by atoms with Gasteiger partial charge in [-0.2, -0.15) is 4.73 Å². The zero-order valence-electron chi connectivity index (χ0n) is 14.4. The van der Waals surface area contributed by atoms with Crippen LogP contribution in [0.3, 0.4) is 0 Å². The van der Waals surface area contributed by atoms with Crippen LogP contribution in [-0.4, -0.2) is 38.5 Å². The Morgan fingerprint density at radius 3 is 2.92 bits per heavy atom. The number of fused-ring (bicyclic) bond motifs is 1. The molecule has 6 heteroatoms. The van der Waals surface area contributed by atoms with Crippen LogP contribution in [0.25, 0.3) is 11.0 Å². The summed E-state index contributed by atoms with van der Waals surface area (Å²) in [6.07, 6.45) is 5.63. The second-order valence-electron chi connectivity index (χ2n) is 6.61. The van der Waals surface area contributed by atoms with Crippen LogP contribution in [0.5, 0.6) is 0 Å². The van der Waals surface area contributed by atoms with Crippen molar-refractivity contribution in [1.82, 2.24) is 14.6 Å². The van der Waals surface area contributed by atoms with Gasteiger partial charge < -0.3 is 14.8 Å². The van der Waals surface area contributed by atoms with Crippen LogP contribution in [-0.2, 0) is 17.8 Å². The molecule has 6 nitrogen and oxygen atoms in total. The quantitative estimate of drug-likeness (QED) is 0.729. The summed E-state index contributed by atoms with van der Waals surface area (Å²) in [7, 11) is 0. The standard InChI is InChI=1S/C20H21N3O3/c24-20(26-14-15-6-2-1-3-7-15)22-11-5-8-17(22)12-16-13-23(25)19-18(16)9-4-10-21-19/h1-4,6-7,9-10,13,17,25H,5,8,11-12,14H2. The maximum absolute atomic E-state index is 12.5. The SMILES string of the molecule is O=C(OCc1ccccc1)N1CCCC1Cc1cn(O)c2ncccc12. The van der Waals surface area contributed by atoms with Crippen molar-refractivity contribution in [1.29, 1.82) is 0 Å². The lowest BCUT2D eigenvalue weighted by molar-refractivity contribution is 0.0921. The lowest BCUT2D eigenvalue weighted by Gasteiger charge is -2.24. The normalized spacial score (nSPS) is 16.9. The van der Waals surface area contributed by atoms with Crippen LogP contribution in [0.15, 0.2) is 54.9 Å². The number of carbonyl (C=O) groups excluding carboxylic acids is 1. The molecule has 2 aromatic heterocycles. The summed E-state index contributed by atoms with van der Waals surface area (Å²) in [6.45, 7) is 0.983. The highest BCUT2D eigenvalue weighted by molar-refractivity contribution is 5.80. The smallest absolute Gasteiger partial charge is 0.410 e. The first-order valence-corrected chi connectivity index (χ1v) is 8.84. The fourth-order valence-corrected chi connectivity index (χ4v) is 3.62. The van der Waals surface area contributed by atoms with E-state index in [1.807, 2.05) is 42.5 Å². The molecule has 0 radical (unpaired) electrons. The number of ether oxygens (including phenoxy) is 1. The topological polar surface area (TPSA) is 67.6 Å². The van der Waals surface area contributed by atoms with E-state index in [2.05, 4.69) is 4.98 Å². The van der Waals surface area contributed by atoms with Crippen LogP contribution in [0, 0.1) is 0 Å². The minimum Gasteiger partial charge on any atom is -0.445 e. The molecule has 1 aliphatic rings. The second kappa shape index (κ2) is 7.07. The summed E-state index contributed by atoms with van der Waals surface area (Å²) >= 11 is 0. The number of aromatic nitrogens is 2. The Hall–Kier alpha value is -3.02. The van der Waals surface area contributed by atoms with E-state index in [9.17, 15) is 10.0 Å². The molecule has 1 amide bonds. The third-order valence-electron chi connectivity index (χ3n) is 4.90. The Morgan fingerprint density at radius 2 is 2.08 bits per heavy atom. The summed E-state index contributed by atoms with van der Waals surface area (Å²) in [4.78, 5) is 18.5. The molecule has 1 fully saturated rings. The largest absolute Gasteiger partial charge is 0.445 e. The van der Waals surface area contributed by atoms with Crippen molar-refractivity contribution < 1.29 is 14.7 Å². The van der Waals surface area contributed by atoms with Crippen LogP contribution >= 0.6 is 0 Å². The molecule has 3 heterocycles. The number of amides is 1. The summed E-state index contributed by atoms with van der Waals surface area (Å²) < 4.78 is 6.55. The van der Waals surface area contributed by atoms with Crippen molar-refractivity contribution in [3.05, 3.63) is 66.0 Å². The molecule has 1 N–H and O–H groups in total. The molecule has 0 aliphatic carbocycles. The highest BCUT2D eigenvalue weighted by Crippen LogP contribution is 2.26. The van der Waals surface area contributed by atoms with Crippen molar-refractivity contribution >= 4 is 17.1 Å². The number of carbonyl (C=O) groups is 1. The van der Waals surface area contributed by atoms with Crippen LogP contribution < -0.4 is 0 Å². The third kappa shape index (κ3) is 3.22.